The van der Waals surface area contributed by atoms with Gasteiger partial charge in [0, 0.05) is 41.6 Å². The molecule has 3 aromatic carbocycles. The zero-order valence-corrected chi connectivity index (χ0v) is 19.8. The predicted molar refractivity (Wildman–Crippen MR) is 139 cm³/mol. The van der Waals surface area contributed by atoms with E-state index in [1.165, 1.54) is 0 Å². The van der Waals surface area contributed by atoms with Crippen molar-refractivity contribution in [2.75, 3.05) is 25.5 Å². The number of imide groups is 1. The number of anilines is 1. The first-order chi connectivity index (χ1) is 16.4. The van der Waals surface area contributed by atoms with Gasteiger partial charge in [0.2, 0.25) is 0 Å². The molecule has 1 atom stereocenters. The number of fused-ring (bicyclic) bond motifs is 3. The highest BCUT2D eigenvalue weighted by molar-refractivity contribution is 8.18. The monoisotopic (exact) mass is 471 g/mol. The van der Waals surface area contributed by atoms with Gasteiger partial charge in [0.1, 0.15) is 0 Å². The Morgan fingerprint density at radius 1 is 0.882 bits per heavy atom. The maximum Gasteiger partial charge on any atom is 0.293 e. The molecule has 0 aliphatic carbocycles. The van der Waals surface area contributed by atoms with Gasteiger partial charge >= 0.3 is 0 Å². The molecule has 1 aliphatic rings. The number of aliphatic hydroxyl groups is 1. The molecule has 4 aromatic rings. The van der Waals surface area contributed by atoms with Crippen molar-refractivity contribution in [1.82, 2.24) is 9.47 Å². The average Bonchev–Trinajstić information content (AvgIpc) is 3.29. The molecule has 0 spiro atoms. The zero-order chi connectivity index (χ0) is 23.8. The molecule has 1 aliphatic heterocycles. The number of aromatic nitrogens is 1. The standard InChI is InChI=1S/C27H25N3O3S/c1-28(2)19-13-11-18(12-14-19)15-25-26(32)30(27(33)34-25)17-20(31)16-29-23-9-5-3-7-21(23)22-8-4-6-10-24(22)29/h3-15,20,31H,16-17H2,1-2H3/b25-15+. The zero-order valence-electron chi connectivity index (χ0n) is 19.0. The van der Waals surface area contributed by atoms with E-state index < -0.39 is 6.10 Å². The van der Waals surface area contributed by atoms with E-state index in [0.717, 1.165) is 49.7 Å². The van der Waals surface area contributed by atoms with E-state index in [0.29, 0.717) is 4.91 Å². The quantitative estimate of drug-likeness (QED) is 0.403. The molecule has 0 bridgehead atoms. The molecule has 34 heavy (non-hydrogen) atoms. The van der Waals surface area contributed by atoms with Crippen LogP contribution in [0.5, 0.6) is 0 Å². The summed E-state index contributed by atoms with van der Waals surface area (Å²) in [4.78, 5) is 29.0. The Bertz CT molecular complexity index is 1370. The number of thioether (sulfide) groups is 1. The number of rotatable bonds is 6. The van der Waals surface area contributed by atoms with Crippen LogP contribution in [-0.2, 0) is 11.3 Å². The Morgan fingerprint density at radius 3 is 2.06 bits per heavy atom. The Labute approximate surface area is 202 Å². The highest BCUT2D eigenvalue weighted by Gasteiger charge is 2.36. The number of β-amino-alcohol motifs (C(OH)–C–C–N with tert-alkyl or cyclic N) is 1. The van der Waals surface area contributed by atoms with Crippen LogP contribution >= 0.6 is 11.8 Å². The fourth-order valence-electron chi connectivity index (χ4n) is 4.36. The van der Waals surface area contributed by atoms with Gasteiger partial charge in [-0.1, -0.05) is 48.5 Å². The molecular formula is C27H25N3O3S. The number of carbonyl (C=O) groups excluding carboxylic acids is 2. The molecule has 2 heterocycles. The van der Waals surface area contributed by atoms with Crippen molar-refractivity contribution in [2.24, 2.45) is 0 Å². The van der Waals surface area contributed by atoms with E-state index in [1.807, 2.05) is 79.7 Å². The fraction of sp³-hybridized carbons (Fsp3) is 0.185. The Kier molecular flexibility index (Phi) is 5.89. The summed E-state index contributed by atoms with van der Waals surface area (Å²) in [5, 5.41) is 12.8. The van der Waals surface area contributed by atoms with Gasteiger partial charge in [-0.3, -0.25) is 14.5 Å². The van der Waals surface area contributed by atoms with Crippen LogP contribution in [-0.4, -0.2) is 52.5 Å². The lowest BCUT2D eigenvalue weighted by atomic mass is 10.2. The smallest absolute Gasteiger partial charge is 0.293 e. The minimum absolute atomic E-state index is 0.0532. The minimum atomic E-state index is -0.897. The highest BCUT2D eigenvalue weighted by Crippen LogP contribution is 2.33. The third-order valence-corrected chi connectivity index (χ3v) is 6.95. The molecule has 172 valence electrons. The minimum Gasteiger partial charge on any atom is -0.389 e. The van der Waals surface area contributed by atoms with Gasteiger partial charge in [-0.2, -0.15) is 0 Å². The number of carbonyl (C=O) groups is 2. The molecule has 7 heteroatoms. The molecule has 1 aromatic heterocycles. The molecule has 1 saturated heterocycles. The SMILES string of the molecule is CN(C)c1ccc(/C=C2/SC(=O)N(CC(O)Cn3c4ccccc4c4ccccc43)C2=O)cc1. The first kappa shape index (κ1) is 22.3. The number of aliphatic hydroxyl groups excluding tert-OH is 1. The number of hydrogen-bond donors (Lipinski definition) is 1. The van der Waals surface area contributed by atoms with Crippen LogP contribution in [0.3, 0.4) is 0 Å². The second-order valence-corrected chi connectivity index (χ2v) is 9.57. The van der Waals surface area contributed by atoms with Crippen LogP contribution < -0.4 is 4.90 Å². The third-order valence-electron chi connectivity index (χ3n) is 6.05. The molecule has 1 unspecified atom stereocenters. The maximum atomic E-state index is 12.9. The van der Waals surface area contributed by atoms with Crippen LogP contribution in [0.2, 0.25) is 0 Å². The number of nitrogens with zero attached hydrogens (tertiary/aromatic N) is 3. The van der Waals surface area contributed by atoms with E-state index in [1.54, 1.807) is 6.08 Å². The van der Waals surface area contributed by atoms with E-state index in [2.05, 4.69) is 16.7 Å². The van der Waals surface area contributed by atoms with Crippen molar-refractivity contribution in [1.29, 1.82) is 0 Å². The molecule has 0 radical (unpaired) electrons. The largest absolute Gasteiger partial charge is 0.389 e. The van der Waals surface area contributed by atoms with E-state index in [-0.39, 0.29) is 24.2 Å². The van der Waals surface area contributed by atoms with Crippen LogP contribution in [0, 0.1) is 0 Å². The summed E-state index contributed by atoms with van der Waals surface area (Å²) in [6.07, 6.45) is 0.829. The maximum absolute atomic E-state index is 12.9. The van der Waals surface area contributed by atoms with Crippen molar-refractivity contribution in [3.8, 4) is 0 Å². The van der Waals surface area contributed by atoms with Gasteiger partial charge in [0.05, 0.1) is 24.1 Å². The molecule has 2 amide bonds. The summed E-state index contributed by atoms with van der Waals surface area (Å²) in [5.41, 5.74) is 3.93. The Hall–Kier alpha value is -3.55. The fourth-order valence-corrected chi connectivity index (χ4v) is 5.20. The van der Waals surface area contributed by atoms with Crippen LogP contribution in [0.25, 0.3) is 27.9 Å². The summed E-state index contributed by atoms with van der Waals surface area (Å²) in [6, 6.07) is 23.9. The first-order valence-corrected chi connectivity index (χ1v) is 11.9. The normalized spacial score (nSPS) is 16.2. The lowest BCUT2D eigenvalue weighted by Gasteiger charge is -2.19. The number of amides is 2. The van der Waals surface area contributed by atoms with Gasteiger partial charge in [0.15, 0.2) is 0 Å². The predicted octanol–water partition coefficient (Wildman–Crippen LogP) is 4.96. The molecule has 1 N–H and O–H groups in total. The van der Waals surface area contributed by atoms with Gasteiger partial charge < -0.3 is 14.6 Å². The second-order valence-electron chi connectivity index (χ2n) is 8.58. The summed E-state index contributed by atoms with van der Waals surface area (Å²) in [7, 11) is 3.93. The summed E-state index contributed by atoms with van der Waals surface area (Å²) >= 11 is 0.912. The lowest BCUT2D eigenvalue weighted by Crippen LogP contribution is -2.37. The first-order valence-electron chi connectivity index (χ1n) is 11.1. The van der Waals surface area contributed by atoms with E-state index >= 15 is 0 Å². The summed E-state index contributed by atoms with van der Waals surface area (Å²) in [5.74, 6) is -0.368. The van der Waals surface area contributed by atoms with Crippen molar-refractivity contribution >= 4 is 56.5 Å². The topological polar surface area (TPSA) is 65.8 Å². The van der Waals surface area contributed by atoms with E-state index in [9.17, 15) is 14.7 Å². The van der Waals surface area contributed by atoms with Gasteiger partial charge in [-0.15, -0.1) is 0 Å². The Balaban J connectivity index is 1.35. The average molecular weight is 472 g/mol. The number of hydrogen-bond acceptors (Lipinski definition) is 5. The van der Waals surface area contributed by atoms with Crippen LogP contribution in [0.4, 0.5) is 10.5 Å². The van der Waals surface area contributed by atoms with Gasteiger partial charge in [-0.25, -0.2) is 0 Å². The molecule has 1 fully saturated rings. The van der Waals surface area contributed by atoms with Gasteiger partial charge in [-0.05, 0) is 47.7 Å². The van der Waals surface area contributed by atoms with E-state index in [4.69, 9.17) is 0 Å². The van der Waals surface area contributed by atoms with Crippen molar-refractivity contribution in [3.63, 3.8) is 0 Å². The highest BCUT2D eigenvalue weighted by atomic mass is 32.2. The summed E-state index contributed by atoms with van der Waals surface area (Å²) in [6.45, 7) is 0.225. The van der Waals surface area contributed by atoms with Gasteiger partial charge in [0.25, 0.3) is 11.1 Å². The lowest BCUT2D eigenvalue weighted by molar-refractivity contribution is -0.123. The molecule has 0 saturated carbocycles. The van der Waals surface area contributed by atoms with Crippen LogP contribution in [0.1, 0.15) is 5.56 Å². The molecule has 6 nitrogen and oxygen atoms in total. The van der Waals surface area contributed by atoms with Crippen molar-refractivity contribution in [2.45, 2.75) is 12.6 Å². The summed E-state index contributed by atoms with van der Waals surface area (Å²) < 4.78 is 2.05. The Morgan fingerprint density at radius 2 is 1.47 bits per heavy atom. The number of benzene rings is 3. The molecule has 5 rings (SSSR count). The molecular weight excluding hydrogens is 446 g/mol. The van der Waals surface area contributed by atoms with Crippen LogP contribution in [0.15, 0.2) is 77.7 Å². The number of para-hydroxylation sites is 2. The second kappa shape index (κ2) is 9.00. The van der Waals surface area contributed by atoms with Crippen molar-refractivity contribution in [3.05, 3.63) is 83.3 Å². The van der Waals surface area contributed by atoms with Crippen molar-refractivity contribution < 1.29 is 14.7 Å². The third kappa shape index (κ3) is 4.08.